The Kier molecular flexibility index (Phi) is 7.87. The molecule has 0 bridgehead atoms. The Morgan fingerprint density at radius 1 is 1.12 bits per heavy atom. The molecular formula is C26H34N4O4. The van der Waals surface area contributed by atoms with Gasteiger partial charge in [0.1, 0.15) is 6.04 Å². The molecule has 1 aromatic carbocycles. The summed E-state index contributed by atoms with van der Waals surface area (Å²) < 4.78 is 10.6. The number of hydrogen-bond acceptors (Lipinski definition) is 6. The molecule has 8 nitrogen and oxygen atoms in total. The van der Waals surface area contributed by atoms with Gasteiger partial charge in [-0.1, -0.05) is 12.8 Å². The second-order valence-corrected chi connectivity index (χ2v) is 9.03. The molecule has 0 saturated carbocycles. The minimum absolute atomic E-state index is 0.0422. The Morgan fingerprint density at radius 3 is 2.65 bits per heavy atom. The van der Waals surface area contributed by atoms with E-state index in [4.69, 9.17) is 9.47 Å². The monoisotopic (exact) mass is 466 g/mol. The van der Waals surface area contributed by atoms with Gasteiger partial charge >= 0.3 is 0 Å². The molecule has 2 amide bonds. The quantitative estimate of drug-likeness (QED) is 0.551. The lowest BCUT2D eigenvalue weighted by Crippen LogP contribution is -2.39. The third-order valence-corrected chi connectivity index (χ3v) is 6.84. The topological polar surface area (TPSA) is 92.8 Å². The van der Waals surface area contributed by atoms with Gasteiger partial charge in [-0.15, -0.1) is 0 Å². The number of hydrogen-bond donors (Lipinski definition) is 2. The molecule has 34 heavy (non-hydrogen) atoms. The van der Waals surface area contributed by atoms with Crippen LogP contribution in [-0.4, -0.2) is 61.6 Å². The molecule has 2 aliphatic rings. The number of likely N-dealkylation sites (tertiary alicyclic amines) is 1. The normalized spacial score (nSPS) is 17.6. The number of unbranched alkanes of at least 4 members (excludes halogenated alkanes) is 1. The zero-order chi connectivity index (χ0) is 23.9. The van der Waals surface area contributed by atoms with Gasteiger partial charge in [0.05, 0.1) is 14.2 Å². The number of carbonyl (C=O) groups excluding carboxylic acids is 2. The summed E-state index contributed by atoms with van der Waals surface area (Å²) in [6.45, 7) is 2.25. The number of aromatic nitrogens is 1. The first-order chi connectivity index (χ1) is 16.6. The van der Waals surface area contributed by atoms with E-state index in [1.54, 1.807) is 38.6 Å². The van der Waals surface area contributed by atoms with Gasteiger partial charge in [-0.25, -0.2) is 0 Å². The van der Waals surface area contributed by atoms with Crippen molar-refractivity contribution in [2.45, 2.75) is 44.6 Å². The predicted octanol–water partition coefficient (Wildman–Crippen LogP) is 3.27. The highest BCUT2D eigenvalue weighted by Gasteiger charge is 2.27. The highest BCUT2D eigenvalue weighted by atomic mass is 16.5. The summed E-state index contributed by atoms with van der Waals surface area (Å²) in [7, 11) is 3.16. The summed E-state index contributed by atoms with van der Waals surface area (Å²) in [5, 5.41) is 6.33. The molecule has 2 aliphatic heterocycles. The number of nitrogens with zero attached hydrogens (tertiary/aromatic N) is 2. The lowest BCUT2D eigenvalue weighted by atomic mass is 9.91. The van der Waals surface area contributed by atoms with Crippen LogP contribution in [0, 0.1) is 5.92 Å². The molecule has 1 fully saturated rings. The zero-order valence-corrected chi connectivity index (χ0v) is 20.0. The van der Waals surface area contributed by atoms with Gasteiger partial charge in [0.15, 0.2) is 11.5 Å². The van der Waals surface area contributed by atoms with Crippen molar-refractivity contribution in [1.82, 2.24) is 15.2 Å². The number of ether oxygens (including phenoxy) is 2. The van der Waals surface area contributed by atoms with E-state index in [2.05, 4.69) is 15.6 Å². The standard InChI is InChI=1S/C26H34N4O4/c1-33-23-7-6-19(16-24(23)34-2)26(32)30-13-9-18(10-14-30)5-3-4-11-28-25(31)22-15-20-17-27-12-8-21(20)29-22/h6-8,12,16-18,22,29H,3-5,9-11,13-15H2,1-2H3,(H,28,31). The number of nitrogens with one attached hydrogen (secondary N) is 2. The maximum absolute atomic E-state index is 12.9. The lowest BCUT2D eigenvalue weighted by Gasteiger charge is -2.32. The fourth-order valence-corrected chi connectivity index (χ4v) is 4.82. The Bertz CT molecular complexity index is 979. The van der Waals surface area contributed by atoms with Crippen LogP contribution in [0.2, 0.25) is 0 Å². The summed E-state index contributed by atoms with van der Waals surface area (Å²) >= 11 is 0. The van der Waals surface area contributed by atoms with Crippen LogP contribution >= 0.6 is 0 Å². The lowest BCUT2D eigenvalue weighted by molar-refractivity contribution is -0.121. The van der Waals surface area contributed by atoms with E-state index < -0.39 is 0 Å². The smallest absolute Gasteiger partial charge is 0.253 e. The Labute approximate surface area is 201 Å². The molecule has 4 rings (SSSR count). The van der Waals surface area contributed by atoms with E-state index in [1.807, 2.05) is 17.2 Å². The number of fused-ring (bicyclic) bond motifs is 1. The number of rotatable bonds is 9. The summed E-state index contributed by atoms with van der Waals surface area (Å²) in [4.78, 5) is 31.4. The maximum Gasteiger partial charge on any atom is 0.253 e. The SMILES string of the molecule is COc1ccc(C(=O)N2CCC(CCCCNC(=O)C3Cc4cnccc4N3)CC2)cc1OC. The second-order valence-electron chi connectivity index (χ2n) is 9.03. The Balaban J connectivity index is 1.12. The number of anilines is 1. The van der Waals surface area contributed by atoms with Crippen molar-refractivity contribution < 1.29 is 19.1 Å². The molecule has 1 aromatic heterocycles. The largest absolute Gasteiger partial charge is 0.493 e. The van der Waals surface area contributed by atoms with Gasteiger partial charge in [0.25, 0.3) is 5.91 Å². The van der Waals surface area contributed by atoms with Crippen molar-refractivity contribution in [3.8, 4) is 11.5 Å². The van der Waals surface area contributed by atoms with Crippen LogP contribution in [0.4, 0.5) is 5.69 Å². The van der Waals surface area contributed by atoms with E-state index in [-0.39, 0.29) is 17.9 Å². The van der Waals surface area contributed by atoms with Crippen LogP contribution in [0.15, 0.2) is 36.7 Å². The van der Waals surface area contributed by atoms with Crippen LogP contribution in [-0.2, 0) is 11.2 Å². The van der Waals surface area contributed by atoms with Crippen LogP contribution in [0.1, 0.15) is 48.0 Å². The van der Waals surface area contributed by atoms with E-state index >= 15 is 0 Å². The highest BCUT2D eigenvalue weighted by molar-refractivity contribution is 5.95. The predicted molar refractivity (Wildman–Crippen MR) is 130 cm³/mol. The Hall–Kier alpha value is -3.29. The molecule has 1 saturated heterocycles. The van der Waals surface area contributed by atoms with Crippen LogP contribution < -0.4 is 20.1 Å². The molecule has 2 aromatic rings. The number of amides is 2. The minimum Gasteiger partial charge on any atom is -0.493 e. The van der Waals surface area contributed by atoms with E-state index in [1.165, 1.54) is 0 Å². The van der Waals surface area contributed by atoms with Gasteiger partial charge in [0, 0.05) is 49.7 Å². The molecule has 8 heteroatoms. The van der Waals surface area contributed by atoms with E-state index in [0.29, 0.717) is 35.9 Å². The number of pyridine rings is 1. The molecule has 0 spiro atoms. The van der Waals surface area contributed by atoms with Crippen molar-refractivity contribution in [2.75, 3.05) is 39.2 Å². The van der Waals surface area contributed by atoms with Crippen molar-refractivity contribution in [3.05, 3.63) is 47.8 Å². The van der Waals surface area contributed by atoms with Crippen molar-refractivity contribution in [3.63, 3.8) is 0 Å². The molecule has 2 N–H and O–H groups in total. The van der Waals surface area contributed by atoms with Gasteiger partial charge in [-0.05, 0) is 55.0 Å². The van der Waals surface area contributed by atoms with Crippen LogP contribution in [0.25, 0.3) is 0 Å². The molecular weight excluding hydrogens is 432 g/mol. The molecule has 1 atom stereocenters. The van der Waals surface area contributed by atoms with E-state index in [0.717, 1.165) is 56.4 Å². The molecule has 3 heterocycles. The number of methoxy groups -OCH3 is 2. The van der Waals surface area contributed by atoms with Crippen molar-refractivity contribution in [2.24, 2.45) is 5.92 Å². The molecule has 0 aliphatic carbocycles. The summed E-state index contributed by atoms with van der Waals surface area (Å²) in [5.41, 5.74) is 2.73. The third-order valence-electron chi connectivity index (χ3n) is 6.84. The van der Waals surface area contributed by atoms with Gasteiger partial charge in [0.2, 0.25) is 5.91 Å². The molecule has 1 unspecified atom stereocenters. The first kappa shape index (κ1) is 23.9. The molecule has 182 valence electrons. The van der Waals surface area contributed by atoms with Gasteiger partial charge in [-0.2, -0.15) is 0 Å². The van der Waals surface area contributed by atoms with Gasteiger partial charge < -0.3 is 25.0 Å². The summed E-state index contributed by atoms with van der Waals surface area (Å²) in [5.74, 6) is 1.92. The van der Waals surface area contributed by atoms with Crippen molar-refractivity contribution >= 4 is 17.5 Å². The maximum atomic E-state index is 12.9. The fourth-order valence-electron chi connectivity index (χ4n) is 4.82. The van der Waals surface area contributed by atoms with Crippen LogP contribution in [0.5, 0.6) is 11.5 Å². The third kappa shape index (κ3) is 5.61. The summed E-state index contributed by atoms with van der Waals surface area (Å²) in [6, 6.07) is 7.02. The summed E-state index contributed by atoms with van der Waals surface area (Å²) in [6.07, 6.45) is 9.47. The van der Waals surface area contributed by atoms with E-state index in [9.17, 15) is 9.59 Å². The number of piperidine rings is 1. The average molecular weight is 467 g/mol. The highest BCUT2D eigenvalue weighted by Crippen LogP contribution is 2.29. The zero-order valence-electron chi connectivity index (χ0n) is 20.0. The first-order valence-electron chi connectivity index (χ1n) is 12.1. The second kappa shape index (κ2) is 11.2. The first-order valence-corrected chi connectivity index (χ1v) is 12.1. The Morgan fingerprint density at radius 2 is 1.91 bits per heavy atom. The minimum atomic E-state index is -0.202. The number of carbonyl (C=O) groups is 2. The molecule has 0 radical (unpaired) electrons. The van der Waals surface area contributed by atoms with Crippen LogP contribution in [0.3, 0.4) is 0 Å². The fraction of sp³-hybridized carbons (Fsp3) is 0.500. The average Bonchev–Trinajstić information content (AvgIpc) is 3.32. The van der Waals surface area contributed by atoms with Crippen molar-refractivity contribution in [1.29, 1.82) is 0 Å². The van der Waals surface area contributed by atoms with Gasteiger partial charge in [-0.3, -0.25) is 14.6 Å². The number of benzene rings is 1.